The predicted molar refractivity (Wildman–Crippen MR) is 110 cm³/mol. The first-order valence-electron chi connectivity index (χ1n) is 8.40. The molecule has 0 amide bonds. The number of nitro benzene ring substituents is 1. The van der Waals surface area contributed by atoms with Crippen molar-refractivity contribution in [1.82, 2.24) is 14.0 Å². The van der Waals surface area contributed by atoms with Gasteiger partial charge in [0.15, 0.2) is 5.65 Å². The first kappa shape index (κ1) is 16.6. The highest BCUT2D eigenvalue weighted by molar-refractivity contribution is 9.10. The normalized spacial score (nSPS) is 11.5. The molecule has 0 aliphatic heterocycles. The lowest BCUT2D eigenvalue weighted by Gasteiger charge is -2.11. The van der Waals surface area contributed by atoms with E-state index in [1.165, 1.54) is 12.1 Å². The molecule has 28 heavy (non-hydrogen) atoms. The maximum atomic E-state index is 13.4. The van der Waals surface area contributed by atoms with Gasteiger partial charge in [0.25, 0.3) is 11.2 Å². The van der Waals surface area contributed by atoms with E-state index < -0.39 is 4.92 Å². The Kier molecular flexibility index (Phi) is 3.56. The van der Waals surface area contributed by atoms with Crippen LogP contribution in [0.3, 0.4) is 0 Å². The van der Waals surface area contributed by atoms with E-state index in [9.17, 15) is 14.9 Å². The van der Waals surface area contributed by atoms with Crippen molar-refractivity contribution >= 4 is 49.2 Å². The van der Waals surface area contributed by atoms with Gasteiger partial charge in [-0.05, 0) is 36.4 Å². The molecule has 5 rings (SSSR count). The predicted octanol–water partition coefficient (Wildman–Crippen LogP) is 4.46. The second kappa shape index (κ2) is 6.00. The summed E-state index contributed by atoms with van der Waals surface area (Å²) in [5.74, 6) is 0. The lowest BCUT2D eigenvalue weighted by Crippen LogP contribution is -2.20. The summed E-state index contributed by atoms with van der Waals surface area (Å²) in [6, 6.07) is 17.1. The fourth-order valence-electron chi connectivity index (χ4n) is 3.46. The van der Waals surface area contributed by atoms with Gasteiger partial charge < -0.3 is 0 Å². The fraction of sp³-hybridized carbons (Fsp3) is 0. The van der Waals surface area contributed by atoms with Crippen LogP contribution in [-0.2, 0) is 0 Å². The zero-order chi connectivity index (χ0) is 19.4. The molecule has 0 saturated carbocycles. The van der Waals surface area contributed by atoms with E-state index in [0.29, 0.717) is 27.9 Å². The molecule has 0 atom stereocenters. The van der Waals surface area contributed by atoms with Crippen molar-refractivity contribution in [3.63, 3.8) is 0 Å². The summed E-state index contributed by atoms with van der Waals surface area (Å²) in [5, 5.41) is 12.3. The highest BCUT2D eigenvalue weighted by atomic mass is 79.9. The van der Waals surface area contributed by atoms with Crippen LogP contribution in [0.25, 0.3) is 33.3 Å². The Morgan fingerprint density at radius 3 is 2.54 bits per heavy atom. The van der Waals surface area contributed by atoms with Gasteiger partial charge in [-0.1, -0.05) is 28.1 Å². The molecule has 0 N–H and O–H groups in total. The van der Waals surface area contributed by atoms with Gasteiger partial charge in [0, 0.05) is 28.2 Å². The lowest BCUT2D eigenvalue weighted by molar-refractivity contribution is -0.384. The van der Waals surface area contributed by atoms with Gasteiger partial charge in [-0.25, -0.2) is 4.98 Å². The first-order valence-corrected chi connectivity index (χ1v) is 9.20. The standard InChI is InChI=1S/C20H11BrN4O3/c21-12-4-9-15-16(11-12)20(26)24(13-5-7-14(8-6-13)25(27)28)19-18(15)22-17-3-1-2-10-23(17)19/h1-11H. The lowest BCUT2D eigenvalue weighted by atomic mass is 10.1. The molecular weight excluding hydrogens is 424 g/mol. The number of nitrogens with zero attached hydrogens (tertiary/aromatic N) is 4. The molecule has 0 spiro atoms. The first-order chi connectivity index (χ1) is 13.5. The van der Waals surface area contributed by atoms with Crippen LogP contribution in [0.15, 0.2) is 76.1 Å². The number of fused-ring (bicyclic) bond motifs is 5. The summed E-state index contributed by atoms with van der Waals surface area (Å²) in [4.78, 5) is 28.7. The number of halogens is 1. The molecule has 0 aliphatic carbocycles. The van der Waals surface area contributed by atoms with Crippen LogP contribution in [0.4, 0.5) is 5.69 Å². The summed E-state index contributed by atoms with van der Waals surface area (Å²) >= 11 is 3.42. The number of imidazole rings is 1. The number of nitro groups is 1. The van der Waals surface area contributed by atoms with Crippen LogP contribution in [0.5, 0.6) is 0 Å². The number of rotatable bonds is 2. The van der Waals surface area contributed by atoms with Crippen LogP contribution in [0, 0.1) is 10.1 Å². The molecule has 3 heterocycles. The van der Waals surface area contributed by atoms with Crippen LogP contribution < -0.4 is 5.56 Å². The zero-order valence-electron chi connectivity index (χ0n) is 14.2. The molecule has 0 radical (unpaired) electrons. The largest absolute Gasteiger partial charge is 0.285 e. The van der Waals surface area contributed by atoms with Crippen molar-refractivity contribution in [2.75, 3.05) is 0 Å². The van der Waals surface area contributed by atoms with Crippen molar-refractivity contribution in [2.24, 2.45) is 0 Å². The molecule has 0 bridgehead atoms. The Morgan fingerprint density at radius 1 is 1.00 bits per heavy atom. The highest BCUT2D eigenvalue weighted by Gasteiger charge is 2.18. The molecule has 8 heteroatoms. The number of benzene rings is 2. The third kappa shape index (κ3) is 2.35. The molecular formula is C20H11BrN4O3. The van der Waals surface area contributed by atoms with E-state index in [2.05, 4.69) is 15.9 Å². The smallest absolute Gasteiger partial charge is 0.269 e. The maximum Gasteiger partial charge on any atom is 0.269 e. The Bertz CT molecular complexity index is 1470. The quantitative estimate of drug-likeness (QED) is 0.303. The molecule has 136 valence electrons. The Morgan fingerprint density at radius 2 is 1.79 bits per heavy atom. The number of hydrogen-bond donors (Lipinski definition) is 0. The highest BCUT2D eigenvalue weighted by Crippen LogP contribution is 2.28. The molecule has 5 aromatic rings. The minimum absolute atomic E-state index is 0.0327. The van der Waals surface area contributed by atoms with Gasteiger partial charge >= 0.3 is 0 Å². The second-order valence-corrected chi connectivity index (χ2v) is 7.23. The molecule has 0 saturated heterocycles. The van der Waals surface area contributed by atoms with E-state index in [0.717, 1.165) is 9.86 Å². The molecule has 0 aliphatic rings. The van der Waals surface area contributed by atoms with Gasteiger partial charge in [-0.15, -0.1) is 0 Å². The minimum Gasteiger partial charge on any atom is -0.285 e. The number of non-ortho nitro benzene ring substituents is 1. The summed E-state index contributed by atoms with van der Waals surface area (Å²) in [5.41, 5.74) is 2.30. The number of aromatic nitrogens is 3. The summed E-state index contributed by atoms with van der Waals surface area (Å²) < 4.78 is 4.18. The third-order valence-corrected chi connectivity index (χ3v) is 5.20. The van der Waals surface area contributed by atoms with E-state index in [4.69, 9.17) is 4.98 Å². The second-order valence-electron chi connectivity index (χ2n) is 6.32. The van der Waals surface area contributed by atoms with E-state index in [1.807, 2.05) is 40.9 Å². The van der Waals surface area contributed by atoms with Gasteiger partial charge in [0.2, 0.25) is 0 Å². The fourth-order valence-corrected chi connectivity index (χ4v) is 3.82. The third-order valence-electron chi connectivity index (χ3n) is 4.71. The Labute approximate surface area is 165 Å². The molecule has 7 nitrogen and oxygen atoms in total. The van der Waals surface area contributed by atoms with E-state index in [1.54, 1.807) is 22.8 Å². The van der Waals surface area contributed by atoms with Crippen LogP contribution in [0.1, 0.15) is 0 Å². The number of hydrogen-bond acceptors (Lipinski definition) is 4. The van der Waals surface area contributed by atoms with Crippen molar-refractivity contribution in [1.29, 1.82) is 0 Å². The van der Waals surface area contributed by atoms with Crippen molar-refractivity contribution in [3.05, 3.63) is 91.8 Å². The van der Waals surface area contributed by atoms with Gasteiger partial charge in [-0.2, -0.15) is 0 Å². The van der Waals surface area contributed by atoms with Gasteiger partial charge in [-0.3, -0.25) is 23.9 Å². The van der Waals surface area contributed by atoms with Crippen molar-refractivity contribution in [2.45, 2.75) is 0 Å². The average molecular weight is 435 g/mol. The Balaban J connectivity index is 1.99. The zero-order valence-corrected chi connectivity index (χ0v) is 15.8. The van der Waals surface area contributed by atoms with Crippen molar-refractivity contribution < 1.29 is 4.92 Å². The molecule has 0 unspecified atom stereocenters. The minimum atomic E-state index is -0.464. The van der Waals surface area contributed by atoms with Gasteiger partial charge in [0.1, 0.15) is 11.2 Å². The average Bonchev–Trinajstić information content (AvgIpc) is 3.08. The van der Waals surface area contributed by atoms with Crippen LogP contribution in [-0.4, -0.2) is 18.9 Å². The maximum absolute atomic E-state index is 13.4. The van der Waals surface area contributed by atoms with Crippen molar-refractivity contribution in [3.8, 4) is 5.69 Å². The topological polar surface area (TPSA) is 82.4 Å². The SMILES string of the molecule is O=c1c2cc(Br)ccc2c2nc3ccccn3c2n1-c1ccc([N+](=O)[O-])cc1. The van der Waals surface area contributed by atoms with Gasteiger partial charge in [0.05, 0.1) is 16.0 Å². The summed E-state index contributed by atoms with van der Waals surface area (Å²) in [7, 11) is 0. The van der Waals surface area contributed by atoms with E-state index >= 15 is 0 Å². The Hall–Kier alpha value is -3.52. The van der Waals surface area contributed by atoms with Crippen LogP contribution >= 0.6 is 15.9 Å². The number of pyridine rings is 2. The monoisotopic (exact) mass is 434 g/mol. The van der Waals surface area contributed by atoms with E-state index in [-0.39, 0.29) is 11.2 Å². The molecule has 3 aromatic heterocycles. The molecule has 0 fully saturated rings. The molecule has 2 aromatic carbocycles. The van der Waals surface area contributed by atoms with Crippen LogP contribution in [0.2, 0.25) is 0 Å². The summed E-state index contributed by atoms with van der Waals surface area (Å²) in [6.07, 6.45) is 1.84. The summed E-state index contributed by atoms with van der Waals surface area (Å²) in [6.45, 7) is 0.